The summed E-state index contributed by atoms with van der Waals surface area (Å²) in [6.07, 6.45) is -0.746. The highest BCUT2D eigenvalue weighted by Gasteiger charge is 2.27. The molecule has 0 bridgehead atoms. The minimum Gasteiger partial charge on any atom is -0.506 e. The average molecular weight is 271 g/mol. The summed E-state index contributed by atoms with van der Waals surface area (Å²) >= 11 is 0. The number of ether oxygens (including phenoxy) is 2. The van der Waals surface area contributed by atoms with Crippen molar-refractivity contribution < 1.29 is 19.4 Å². The highest BCUT2D eigenvalue weighted by molar-refractivity contribution is 5.95. The first-order valence-corrected chi connectivity index (χ1v) is 6.21. The van der Waals surface area contributed by atoms with Gasteiger partial charge in [0.25, 0.3) is 5.91 Å². The van der Waals surface area contributed by atoms with Crippen molar-refractivity contribution in [1.29, 1.82) is 0 Å². The van der Waals surface area contributed by atoms with E-state index in [-0.39, 0.29) is 18.3 Å². The second-order valence-corrected chi connectivity index (χ2v) is 4.37. The van der Waals surface area contributed by atoms with Crippen molar-refractivity contribution in [2.45, 2.75) is 6.10 Å². The van der Waals surface area contributed by atoms with Gasteiger partial charge in [-0.2, -0.15) is 0 Å². The molecule has 0 saturated carbocycles. The summed E-state index contributed by atoms with van der Waals surface area (Å²) in [7, 11) is 0. The molecule has 5 nitrogen and oxygen atoms in total. The lowest BCUT2D eigenvalue weighted by Crippen LogP contribution is -2.40. The second-order valence-electron chi connectivity index (χ2n) is 4.37. The van der Waals surface area contributed by atoms with Crippen molar-refractivity contribution in [3.8, 4) is 17.2 Å². The number of anilines is 1. The zero-order valence-electron chi connectivity index (χ0n) is 10.6. The van der Waals surface area contributed by atoms with Gasteiger partial charge in [0.2, 0.25) is 6.10 Å². The van der Waals surface area contributed by atoms with E-state index >= 15 is 0 Å². The van der Waals surface area contributed by atoms with Crippen LogP contribution < -0.4 is 14.8 Å². The number of benzene rings is 2. The lowest BCUT2D eigenvalue weighted by atomic mass is 10.2. The molecule has 102 valence electrons. The van der Waals surface area contributed by atoms with Gasteiger partial charge in [0, 0.05) is 0 Å². The Balaban J connectivity index is 1.72. The van der Waals surface area contributed by atoms with Crippen LogP contribution in [-0.4, -0.2) is 23.7 Å². The standard InChI is InChI=1S/C15H13NO4/c17-11-6-2-1-5-10(11)16-15(18)14-9-19-12-7-3-4-8-13(12)20-14/h1-8,14,17H,9H2,(H,16,18). The molecule has 5 heteroatoms. The van der Waals surface area contributed by atoms with E-state index in [1.807, 2.05) is 12.1 Å². The number of aromatic hydroxyl groups is 1. The number of rotatable bonds is 2. The summed E-state index contributed by atoms with van der Waals surface area (Å²) in [6, 6.07) is 13.7. The fraction of sp³-hybridized carbons (Fsp3) is 0.133. The molecule has 0 aliphatic carbocycles. The van der Waals surface area contributed by atoms with Gasteiger partial charge < -0.3 is 19.9 Å². The molecule has 2 N–H and O–H groups in total. The van der Waals surface area contributed by atoms with E-state index in [4.69, 9.17) is 9.47 Å². The Labute approximate surface area is 115 Å². The van der Waals surface area contributed by atoms with Crippen LogP contribution in [-0.2, 0) is 4.79 Å². The highest BCUT2D eigenvalue weighted by Crippen LogP contribution is 2.31. The Bertz CT molecular complexity index is 641. The quantitative estimate of drug-likeness (QED) is 0.821. The van der Waals surface area contributed by atoms with E-state index in [0.717, 1.165) is 0 Å². The first-order chi connectivity index (χ1) is 9.74. The predicted molar refractivity (Wildman–Crippen MR) is 73.1 cm³/mol. The first-order valence-electron chi connectivity index (χ1n) is 6.21. The largest absolute Gasteiger partial charge is 0.506 e. The lowest BCUT2D eigenvalue weighted by Gasteiger charge is -2.25. The van der Waals surface area contributed by atoms with Gasteiger partial charge in [0.05, 0.1) is 5.69 Å². The van der Waals surface area contributed by atoms with Gasteiger partial charge in [-0.3, -0.25) is 4.79 Å². The fourth-order valence-electron chi connectivity index (χ4n) is 1.94. The minimum absolute atomic E-state index is 0.0120. The second kappa shape index (κ2) is 5.13. The van der Waals surface area contributed by atoms with E-state index in [0.29, 0.717) is 17.2 Å². The van der Waals surface area contributed by atoms with E-state index in [2.05, 4.69) is 5.32 Å². The van der Waals surface area contributed by atoms with Crippen LogP contribution in [0, 0.1) is 0 Å². The fourth-order valence-corrected chi connectivity index (χ4v) is 1.94. The molecule has 1 aliphatic rings. The van der Waals surface area contributed by atoms with Crippen LogP contribution >= 0.6 is 0 Å². The van der Waals surface area contributed by atoms with E-state index < -0.39 is 6.10 Å². The molecule has 0 fully saturated rings. The molecule has 1 amide bonds. The number of fused-ring (bicyclic) bond motifs is 1. The molecule has 0 saturated heterocycles. The van der Waals surface area contributed by atoms with E-state index in [1.54, 1.807) is 30.3 Å². The predicted octanol–water partition coefficient (Wildman–Crippen LogP) is 2.17. The number of phenolic OH excluding ortho intramolecular Hbond substituents is 1. The van der Waals surface area contributed by atoms with Crippen molar-refractivity contribution in [3.05, 3.63) is 48.5 Å². The third kappa shape index (κ3) is 2.38. The number of carbonyl (C=O) groups excluding carboxylic acids is 1. The number of nitrogens with one attached hydrogen (secondary N) is 1. The summed E-state index contributed by atoms with van der Waals surface area (Å²) in [5.74, 6) is 0.814. The molecule has 0 spiro atoms. The summed E-state index contributed by atoms with van der Waals surface area (Å²) < 4.78 is 11.1. The van der Waals surface area contributed by atoms with Crippen LogP contribution in [0.1, 0.15) is 0 Å². The average Bonchev–Trinajstić information content (AvgIpc) is 2.49. The third-order valence-electron chi connectivity index (χ3n) is 2.96. The summed E-state index contributed by atoms with van der Waals surface area (Å²) in [6.45, 7) is 0.135. The maximum absolute atomic E-state index is 12.1. The van der Waals surface area contributed by atoms with Crippen LogP contribution in [0.5, 0.6) is 17.2 Å². The molecule has 0 radical (unpaired) electrons. The Morgan fingerprint density at radius 3 is 2.60 bits per heavy atom. The lowest BCUT2D eigenvalue weighted by molar-refractivity contribution is -0.125. The molecule has 1 atom stereocenters. The Morgan fingerprint density at radius 2 is 1.80 bits per heavy atom. The normalized spacial score (nSPS) is 16.5. The van der Waals surface area contributed by atoms with Crippen LogP contribution in [0.2, 0.25) is 0 Å². The van der Waals surface area contributed by atoms with Gasteiger partial charge in [-0.1, -0.05) is 24.3 Å². The molecular formula is C15H13NO4. The topological polar surface area (TPSA) is 67.8 Å². The zero-order valence-corrected chi connectivity index (χ0v) is 10.6. The molecule has 0 aromatic heterocycles. The monoisotopic (exact) mass is 271 g/mol. The molecule has 3 rings (SSSR count). The first kappa shape index (κ1) is 12.3. The molecule has 1 heterocycles. The zero-order chi connectivity index (χ0) is 13.9. The highest BCUT2D eigenvalue weighted by atomic mass is 16.6. The Morgan fingerprint density at radius 1 is 1.10 bits per heavy atom. The van der Waals surface area contributed by atoms with E-state index in [9.17, 15) is 9.90 Å². The van der Waals surface area contributed by atoms with Crippen molar-refractivity contribution in [2.75, 3.05) is 11.9 Å². The van der Waals surface area contributed by atoms with Gasteiger partial charge in [-0.15, -0.1) is 0 Å². The maximum Gasteiger partial charge on any atom is 0.269 e. The summed E-state index contributed by atoms with van der Waals surface area (Å²) in [5, 5.41) is 12.2. The summed E-state index contributed by atoms with van der Waals surface area (Å²) in [4.78, 5) is 12.1. The molecule has 2 aromatic carbocycles. The summed E-state index contributed by atoms with van der Waals surface area (Å²) in [5.41, 5.74) is 0.347. The number of para-hydroxylation sites is 4. The number of phenols is 1. The number of hydrogen-bond donors (Lipinski definition) is 2. The SMILES string of the molecule is O=C(Nc1ccccc1O)C1COc2ccccc2O1. The molecule has 1 aliphatic heterocycles. The maximum atomic E-state index is 12.1. The Hall–Kier alpha value is -2.69. The van der Waals surface area contributed by atoms with Crippen LogP contribution in [0.25, 0.3) is 0 Å². The van der Waals surface area contributed by atoms with Crippen molar-refractivity contribution in [1.82, 2.24) is 0 Å². The van der Waals surface area contributed by atoms with Gasteiger partial charge in [-0.25, -0.2) is 0 Å². The number of hydrogen-bond acceptors (Lipinski definition) is 4. The molecule has 2 aromatic rings. The third-order valence-corrected chi connectivity index (χ3v) is 2.96. The molecule has 1 unspecified atom stereocenters. The molecular weight excluding hydrogens is 258 g/mol. The van der Waals surface area contributed by atoms with Crippen molar-refractivity contribution in [2.24, 2.45) is 0 Å². The van der Waals surface area contributed by atoms with Crippen LogP contribution in [0.15, 0.2) is 48.5 Å². The van der Waals surface area contributed by atoms with Crippen molar-refractivity contribution in [3.63, 3.8) is 0 Å². The van der Waals surface area contributed by atoms with Crippen molar-refractivity contribution >= 4 is 11.6 Å². The van der Waals surface area contributed by atoms with Crippen LogP contribution in [0.4, 0.5) is 5.69 Å². The van der Waals surface area contributed by atoms with Gasteiger partial charge >= 0.3 is 0 Å². The van der Waals surface area contributed by atoms with E-state index in [1.165, 1.54) is 6.07 Å². The number of carbonyl (C=O) groups is 1. The molecule has 20 heavy (non-hydrogen) atoms. The van der Waals surface area contributed by atoms with Gasteiger partial charge in [0.15, 0.2) is 11.5 Å². The smallest absolute Gasteiger partial charge is 0.269 e. The Kier molecular flexibility index (Phi) is 3.16. The van der Waals surface area contributed by atoms with Gasteiger partial charge in [0.1, 0.15) is 12.4 Å². The minimum atomic E-state index is -0.746. The van der Waals surface area contributed by atoms with Gasteiger partial charge in [-0.05, 0) is 24.3 Å². The number of amides is 1. The van der Waals surface area contributed by atoms with Crippen LogP contribution in [0.3, 0.4) is 0 Å².